The van der Waals surface area contributed by atoms with E-state index in [1.807, 2.05) is 6.92 Å². The van der Waals surface area contributed by atoms with Gasteiger partial charge in [0.1, 0.15) is 11.6 Å². The summed E-state index contributed by atoms with van der Waals surface area (Å²) in [5.74, 6) is 1.75. The van der Waals surface area contributed by atoms with Gasteiger partial charge in [-0.25, -0.2) is 9.78 Å². The van der Waals surface area contributed by atoms with Crippen LogP contribution in [0.2, 0.25) is 0 Å². The summed E-state index contributed by atoms with van der Waals surface area (Å²) in [4.78, 5) is 16.1. The molecule has 0 spiro atoms. The highest BCUT2D eigenvalue weighted by Crippen LogP contribution is 2.36. The molecule has 5 nitrogen and oxygen atoms in total. The Labute approximate surface area is 120 Å². The first kappa shape index (κ1) is 14.9. The Balaban J connectivity index is 2.27. The van der Waals surface area contributed by atoms with Crippen LogP contribution in [0.5, 0.6) is 0 Å². The zero-order valence-electron chi connectivity index (χ0n) is 12.7. The summed E-state index contributed by atoms with van der Waals surface area (Å²) in [6, 6.07) is 0.374. The molecule has 0 unspecified atom stereocenters. The third-order valence-electron chi connectivity index (χ3n) is 4.47. The molecule has 0 amide bonds. The summed E-state index contributed by atoms with van der Waals surface area (Å²) in [7, 11) is 1.36. The van der Waals surface area contributed by atoms with Crippen molar-refractivity contribution in [2.45, 2.75) is 58.4 Å². The molecule has 1 heterocycles. The molecule has 1 aromatic heterocycles. The molecule has 2 N–H and O–H groups in total. The van der Waals surface area contributed by atoms with E-state index in [9.17, 15) is 4.79 Å². The number of hydrogen-bond donors (Lipinski definition) is 1. The molecule has 0 bridgehead atoms. The molecule has 20 heavy (non-hydrogen) atoms. The van der Waals surface area contributed by atoms with Gasteiger partial charge in [-0.3, -0.25) is 0 Å². The fourth-order valence-electron chi connectivity index (χ4n) is 3.21. The maximum Gasteiger partial charge on any atom is 0.360 e. The quantitative estimate of drug-likeness (QED) is 0.860. The molecule has 0 aromatic carbocycles. The minimum absolute atomic E-state index is 0.266. The Morgan fingerprint density at radius 2 is 2.00 bits per heavy atom. The predicted molar refractivity (Wildman–Crippen MR) is 78.6 cm³/mol. The standard InChI is InChI=1S/C15H25N3O2/c1-4-10-6-8-11(9-7-10)18-12(5-2)17-13(14(18)16)15(19)20-3/h10-11H,4-9,16H2,1-3H3. The van der Waals surface area contributed by atoms with Crippen LogP contribution in [0.3, 0.4) is 0 Å². The number of esters is 1. The highest BCUT2D eigenvalue weighted by atomic mass is 16.5. The van der Waals surface area contributed by atoms with Crippen molar-refractivity contribution in [3.05, 3.63) is 11.5 Å². The number of imidazole rings is 1. The zero-order chi connectivity index (χ0) is 14.7. The molecule has 1 fully saturated rings. The molecule has 2 rings (SSSR count). The fraction of sp³-hybridized carbons (Fsp3) is 0.733. The van der Waals surface area contributed by atoms with E-state index in [2.05, 4.69) is 16.5 Å². The smallest absolute Gasteiger partial charge is 0.360 e. The predicted octanol–water partition coefficient (Wildman–Crippen LogP) is 2.96. The number of carbonyl (C=O) groups is 1. The summed E-state index contributed by atoms with van der Waals surface area (Å²) in [5.41, 5.74) is 6.42. The normalized spacial score (nSPS) is 22.8. The summed E-state index contributed by atoms with van der Waals surface area (Å²) in [5, 5.41) is 0. The van der Waals surface area contributed by atoms with Gasteiger partial charge in [-0.05, 0) is 31.6 Å². The van der Waals surface area contributed by atoms with Crippen LogP contribution in [0.25, 0.3) is 0 Å². The first-order chi connectivity index (χ1) is 9.62. The zero-order valence-corrected chi connectivity index (χ0v) is 12.7. The average Bonchev–Trinajstić information content (AvgIpc) is 2.83. The Bertz CT molecular complexity index is 474. The largest absolute Gasteiger partial charge is 0.464 e. The number of aryl methyl sites for hydroxylation is 1. The van der Waals surface area contributed by atoms with Gasteiger partial charge in [0.2, 0.25) is 0 Å². The van der Waals surface area contributed by atoms with Crippen LogP contribution >= 0.6 is 0 Å². The first-order valence-corrected chi connectivity index (χ1v) is 7.57. The van der Waals surface area contributed by atoms with E-state index in [0.717, 1.165) is 31.0 Å². The second kappa shape index (κ2) is 6.29. The number of carbonyl (C=O) groups excluding carboxylic acids is 1. The molecule has 0 atom stereocenters. The maximum atomic E-state index is 11.7. The second-order valence-corrected chi connectivity index (χ2v) is 5.56. The lowest BCUT2D eigenvalue weighted by atomic mass is 9.84. The van der Waals surface area contributed by atoms with Crippen molar-refractivity contribution in [1.82, 2.24) is 9.55 Å². The van der Waals surface area contributed by atoms with Crippen LogP contribution in [0.1, 0.15) is 68.3 Å². The van der Waals surface area contributed by atoms with Crippen LogP contribution in [0, 0.1) is 5.92 Å². The number of nitrogen functional groups attached to an aromatic ring is 1. The number of ether oxygens (including phenoxy) is 1. The van der Waals surface area contributed by atoms with E-state index < -0.39 is 5.97 Å². The summed E-state index contributed by atoms with van der Waals surface area (Å²) >= 11 is 0. The van der Waals surface area contributed by atoms with E-state index in [-0.39, 0.29) is 5.69 Å². The Morgan fingerprint density at radius 1 is 1.35 bits per heavy atom. The molecule has 5 heteroatoms. The topological polar surface area (TPSA) is 70.1 Å². The number of nitrogens with two attached hydrogens (primary N) is 1. The van der Waals surface area contributed by atoms with Crippen molar-refractivity contribution >= 4 is 11.8 Å². The van der Waals surface area contributed by atoms with Crippen molar-refractivity contribution in [1.29, 1.82) is 0 Å². The third kappa shape index (κ3) is 2.67. The van der Waals surface area contributed by atoms with Gasteiger partial charge in [0.25, 0.3) is 0 Å². The average molecular weight is 279 g/mol. The molecule has 1 aliphatic carbocycles. The van der Waals surface area contributed by atoms with Crippen LogP contribution in [-0.2, 0) is 11.2 Å². The number of nitrogens with zero attached hydrogens (tertiary/aromatic N) is 2. The summed E-state index contributed by atoms with van der Waals surface area (Å²) in [6.07, 6.45) is 6.72. The molecule has 0 radical (unpaired) electrons. The van der Waals surface area contributed by atoms with Gasteiger partial charge in [-0.2, -0.15) is 0 Å². The van der Waals surface area contributed by atoms with E-state index >= 15 is 0 Å². The Hall–Kier alpha value is -1.52. The van der Waals surface area contributed by atoms with Crippen molar-refractivity contribution in [3.8, 4) is 0 Å². The van der Waals surface area contributed by atoms with E-state index in [0.29, 0.717) is 11.9 Å². The monoisotopic (exact) mass is 279 g/mol. The molecule has 1 saturated carbocycles. The number of hydrogen-bond acceptors (Lipinski definition) is 4. The van der Waals surface area contributed by atoms with Crippen LogP contribution in [0.4, 0.5) is 5.82 Å². The van der Waals surface area contributed by atoms with Crippen LogP contribution < -0.4 is 5.73 Å². The molecular formula is C15H25N3O2. The molecule has 0 aliphatic heterocycles. The molecule has 1 aromatic rings. The van der Waals surface area contributed by atoms with Gasteiger partial charge < -0.3 is 15.0 Å². The van der Waals surface area contributed by atoms with Crippen molar-refractivity contribution in [3.63, 3.8) is 0 Å². The van der Waals surface area contributed by atoms with Gasteiger partial charge >= 0.3 is 5.97 Å². The first-order valence-electron chi connectivity index (χ1n) is 7.57. The highest BCUT2D eigenvalue weighted by Gasteiger charge is 2.28. The number of aromatic nitrogens is 2. The lowest BCUT2D eigenvalue weighted by molar-refractivity contribution is 0.0595. The fourth-order valence-corrected chi connectivity index (χ4v) is 3.21. The van der Waals surface area contributed by atoms with Gasteiger partial charge in [0.15, 0.2) is 5.69 Å². The van der Waals surface area contributed by atoms with E-state index in [1.54, 1.807) is 0 Å². The number of anilines is 1. The Morgan fingerprint density at radius 3 is 2.50 bits per heavy atom. The summed E-state index contributed by atoms with van der Waals surface area (Å²) in [6.45, 7) is 4.29. The molecule has 1 aliphatic rings. The van der Waals surface area contributed by atoms with Gasteiger partial charge in [0, 0.05) is 12.5 Å². The van der Waals surface area contributed by atoms with Crippen molar-refractivity contribution in [2.24, 2.45) is 5.92 Å². The van der Waals surface area contributed by atoms with Crippen LogP contribution in [-0.4, -0.2) is 22.6 Å². The maximum absolute atomic E-state index is 11.7. The Kier molecular flexibility index (Phi) is 4.68. The summed E-state index contributed by atoms with van der Waals surface area (Å²) < 4.78 is 6.82. The van der Waals surface area contributed by atoms with Crippen LogP contribution in [0.15, 0.2) is 0 Å². The number of methoxy groups -OCH3 is 1. The molecule has 0 saturated heterocycles. The third-order valence-corrected chi connectivity index (χ3v) is 4.47. The highest BCUT2D eigenvalue weighted by molar-refractivity contribution is 5.92. The lowest BCUT2D eigenvalue weighted by Gasteiger charge is -2.30. The lowest BCUT2D eigenvalue weighted by Crippen LogP contribution is -2.21. The second-order valence-electron chi connectivity index (χ2n) is 5.56. The van der Waals surface area contributed by atoms with E-state index in [4.69, 9.17) is 10.5 Å². The molecule has 112 valence electrons. The minimum Gasteiger partial charge on any atom is -0.464 e. The molecular weight excluding hydrogens is 254 g/mol. The van der Waals surface area contributed by atoms with E-state index in [1.165, 1.54) is 26.4 Å². The van der Waals surface area contributed by atoms with Crippen molar-refractivity contribution in [2.75, 3.05) is 12.8 Å². The number of rotatable bonds is 4. The minimum atomic E-state index is -0.446. The van der Waals surface area contributed by atoms with Gasteiger partial charge in [-0.1, -0.05) is 20.3 Å². The van der Waals surface area contributed by atoms with Crippen molar-refractivity contribution < 1.29 is 9.53 Å². The van der Waals surface area contributed by atoms with Gasteiger partial charge in [-0.15, -0.1) is 0 Å². The van der Waals surface area contributed by atoms with Gasteiger partial charge in [0.05, 0.1) is 7.11 Å². The SMILES string of the molecule is CCc1nc(C(=O)OC)c(N)n1C1CCC(CC)CC1.